The molecule has 0 bridgehead atoms. The second-order valence-corrected chi connectivity index (χ2v) is 7.95. The maximum absolute atomic E-state index is 11.7. The number of hydrogen-bond acceptors (Lipinski definition) is 3. The highest BCUT2D eigenvalue weighted by Gasteiger charge is 2.21. The molecule has 1 aromatic rings. The van der Waals surface area contributed by atoms with Crippen LogP contribution < -0.4 is 5.32 Å². The third-order valence-electron chi connectivity index (χ3n) is 4.35. The van der Waals surface area contributed by atoms with Crippen molar-refractivity contribution in [2.24, 2.45) is 5.92 Å². The molecular formula is C20H32N2O2. The van der Waals surface area contributed by atoms with Gasteiger partial charge in [0, 0.05) is 19.6 Å². The van der Waals surface area contributed by atoms with E-state index in [1.165, 1.54) is 30.5 Å². The van der Waals surface area contributed by atoms with Crippen molar-refractivity contribution in [2.45, 2.75) is 59.1 Å². The summed E-state index contributed by atoms with van der Waals surface area (Å²) >= 11 is 0. The first-order valence-corrected chi connectivity index (χ1v) is 9.06. The van der Waals surface area contributed by atoms with Crippen LogP contribution in [0, 0.1) is 12.8 Å². The third-order valence-corrected chi connectivity index (χ3v) is 4.35. The summed E-state index contributed by atoms with van der Waals surface area (Å²) in [6, 6.07) is 8.81. The minimum Gasteiger partial charge on any atom is -0.444 e. The summed E-state index contributed by atoms with van der Waals surface area (Å²) < 4.78 is 5.28. The van der Waals surface area contributed by atoms with Crippen LogP contribution >= 0.6 is 0 Å². The molecule has 2 rings (SSSR count). The number of likely N-dealkylation sites (tertiary alicyclic amines) is 1. The fourth-order valence-electron chi connectivity index (χ4n) is 3.17. The van der Waals surface area contributed by atoms with E-state index in [9.17, 15) is 4.79 Å². The number of alkyl carbamates (subject to hydrolysis) is 1. The molecule has 134 valence electrons. The van der Waals surface area contributed by atoms with Gasteiger partial charge in [0.15, 0.2) is 0 Å². The highest BCUT2D eigenvalue weighted by atomic mass is 16.6. The van der Waals surface area contributed by atoms with Gasteiger partial charge in [-0.05, 0) is 65.0 Å². The van der Waals surface area contributed by atoms with E-state index in [4.69, 9.17) is 4.74 Å². The van der Waals surface area contributed by atoms with Gasteiger partial charge < -0.3 is 10.1 Å². The summed E-state index contributed by atoms with van der Waals surface area (Å²) in [5.74, 6) is 0.652. The number of carbonyl (C=O) groups is 1. The van der Waals surface area contributed by atoms with Gasteiger partial charge in [-0.1, -0.05) is 29.8 Å². The average molecular weight is 332 g/mol. The number of aryl methyl sites for hydroxylation is 1. The number of piperidine rings is 1. The summed E-state index contributed by atoms with van der Waals surface area (Å²) in [4.78, 5) is 14.2. The van der Waals surface area contributed by atoms with E-state index in [-0.39, 0.29) is 6.09 Å². The topological polar surface area (TPSA) is 41.6 Å². The molecular weight excluding hydrogens is 300 g/mol. The van der Waals surface area contributed by atoms with Crippen molar-refractivity contribution in [3.8, 4) is 0 Å². The normalized spacial score (nSPS) is 19.1. The lowest BCUT2D eigenvalue weighted by Crippen LogP contribution is -2.37. The first-order valence-electron chi connectivity index (χ1n) is 9.06. The van der Waals surface area contributed by atoms with Gasteiger partial charge in [-0.25, -0.2) is 4.79 Å². The van der Waals surface area contributed by atoms with Gasteiger partial charge in [0.25, 0.3) is 0 Å². The second-order valence-electron chi connectivity index (χ2n) is 7.95. The van der Waals surface area contributed by atoms with Crippen LogP contribution in [0.25, 0.3) is 0 Å². The Labute approximate surface area is 146 Å². The van der Waals surface area contributed by atoms with Gasteiger partial charge in [0.05, 0.1) is 0 Å². The van der Waals surface area contributed by atoms with Crippen molar-refractivity contribution >= 4 is 6.09 Å². The maximum atomic E-state index is 11.7. The fraction of sp³-hybridized carbons (Fsp3) is 0.650. The van der Waals surface area contributed by atoms with Gasteiger partial charge >= 0.3 is 6.09 Å². The highest BCUT2D eigenvalue weighted by Crippen LogP contribution is 2.21. The van der Waals surface area contributed by atoms with Crippen LogP contribution in [-0.2, 0) is 11.3 Å². The molecule has 0 aliphatic carbocycles. The molecule has 0 aromatic heterocycles. The quantitative estimate of drug-likeness (QED) is 0.882. The second kappa shape index (κ2) is 8.52. The maximum Gasteiger partial charge on any atom is 0.407 e. The first-order chi connectivity index (χ1) is 11.3. The lowest BCUT2D eigenvalue weighted by atomic mass is 9.94. The Hall–Kier alpha value is -1.55. The van der Waals surface area contributed by atoms with Crippen molar-refractivity contribution in [2.75, 3.05) is 19.6 Å². The molecule has 24 heavy (non-hydrogen) atoms. The smallest absolute Gasteiger partial charge is 0.407 e. The number of benzene rings is 1. The summed E-state index contributed by atoms with van der Waals surface area (Å²) in [5, 5.41) is 2.88. The number of nitrogens with one attached hydrogen (secondary N) is 1. The molecule has 1 aromatic carbocycles. The number of ether oxygens (including phenoxy) is 1. The van der Waals surface area contributed by atoms with Crippen LogP contribution in [0.15, 0.2) is 24.3 Å². The third kappa shape index (κ3) is 6.91. The van der Waals surface area contributed by atoms with E-state index in [1.54, 1.807) is 0 Å². The molecule has 1 unspecified atom stereocenters. The minimum absolute atomic E-state index is 0.310. The molecule has 0 radical (unpaired) electrons. The number of amides is 1. The van der Waals surface area contributed by atoms with E-state index in [2.05, 4.69) is 41.4 Å². The van der Waals surface area contributed by atoms with Crippen molar-refractivity contribution in [3.05, 3.63) is 35.4 Å². The number of nitrogens with zero attached hydrogens (tertiary/aromatic N) is 1. The number of hydrogen-bond donors (Lipinski definition) is 1. The fourth-order valence-corrected chi connectivity index (χ4v) is 3.17. The van der Waals surface area contributed by atoms with Crippen molar-refractivity contribution < 1.29 is 9.53 Å². The highest BCUT2D eigenvalue weighted by molar-refractivity contribution is 5.67. The summed E-state index contributed by atoms with van der Waals surface area (Å²) in [5.41, 5.74) is 2.26. The predicted octanol–water partition coefficient (Wildman–Crippen LogP) is 4.12. The SMILES string of the molecule is Cc1ccc(CN2CCCC(CCNC(=O)OC(C)(C)C)C2)cc1. The number of carbonyl (C=O) groups excluding carboxylic acids is 1. The van der Waals surface area contributed by atoms with Crippen LogP contribution in [0.3, 0.4) is 0 Å². The van der Waals surface area contributed by atoms with Gasteiger partial charge in [0.2, 0.25) is 0 Å². The molecule has 1 atom stereocenters. The average Bonchev–Trinajstić information content (AvgIpc) is 2.48. The molecule has 1 aliphatic heterocycles. The van der Waals surface area contributed by atoms with Crippen LogP contribution in [0.4, 0.5) is 4.79 Å². The Morgan fingerprint density at radius 3 is 2.67 bits per heavy atom. The van der Waals surface area contributed by atoms with E-state index in [0.717, 1.165) is 19.5 Å². The largest absolute Gasteiger partial charge is 0.444 e. The molecule has 0 spiro atoms. The zero-order chi connectivity index (χ0) is 17.6. The first kappa shape index (κ1) is 18.8. The Morgan fingerprint density at radius 1 is 1.29 bits per heavy atom. The van der Waals surface area contributed by atoms with Gasteiger partial charge in [-0.2, -0.15) is 0 Å². The Morgan fingerprint density at radius 2 is 2.00 bits per heavy atom. The van der Waals surface area contributed by atoms with E-state index >= 15 is 0 Å². The van der Waals surface area contributed by atoms with Gasteiger partial charge in [-0.3, -0.25) is 4.90 Å². The van der Waals surface area contributed by atoms with Crippen LogP contribution in [0.2, 0.25) is 0 Å². The van der Waals surface area contributed by atoms with Crippen LogP contribution in [-0.4, -0.2) is 36.2 Å². The standard InChI is InChI=1S/C20H32N2O2/c1-16-7-9-18(10-8-16)15-22-13-5-6-17(14-22)11-12-21-19(23)24-20(2,3)4/h7-10,17H,5-6,11-15H2,1-4H3,(H,21,23). The summed E-state index contributed by atoms with van der Waals surface area (Å²) in [6.07, 6.45) is 3.20. The van der Waals surface area contributed by atoms with Crippen molar-refractivity contribution in [3.63, 3.8) is 0 Å². The molecule has 1 fully saturated rings. The lowest BCUT2D eigenvalue weighted by Gasteiger charge is -2.33. The van der Waals surface area contributed by atoms with Crippen molar-refractivity contribution in [1.29, 1.82) is 0 Å². The Balaban J connectivity index is 1.71. The van der Waals surface area contributed by atoms with Crippen molar-refractivity contribution in [1.82, 2.24) is 10.2 Å². The Bertz CT molecular complexity index is 519. The monoisotopic (exact) mass is 332 g/mol. The number of rotatable bonds is 5. The molecule has 1 amide bonds. The minimum atomic E-state index is -0.431. The zero-order valence-corrected chi connectivity index (χ0v) is 15.6. The summed E-state index contributed by atoms with van der Waals surface area (Å²) in [6.45, 7) is 11.8. The van der Waals surface area contributed by atoms with Gasteiger partial charge in [0.1, 0.15) is 5.60 Å². The van der Waals surface area contributed by atoms with Crippen LogP contribution in [0.5, 0.6) is 0 Å². The molecule has 4 heteroatoms. The Kier molecular flexibility index (Phi) is 6.67. The van der Waals surface area contributed by atoms with Gasteiger partial charge in [-0.15, -0.1) is 0 Å². The van der Waals surface area contributed by atoms with E-state index in [0.29, 0.717) is 12.5 Å². The molecule has 1 heterocycles. The van der Waals surface area contributed by atoms with E-state index < -0.39 is 5.60 Å². The molecule has 4 nitrogen and oxygen atoms in total. The molecule has 1 N–H and O–H groups in total. The lowest BCUT2D eigenvalue weighted by molar-refractivity contribution is 0.0521. The van der Waals surface area contributed by atoms with E-state index in [1.807, 2.05) is 20.8 Å². The molecule has 0 saturated carbocycles. The summed E-state index contributed by atoms with van der Waals surface area (Å²) in [7, 11) is 0. The predicted molar refractivity (Wildman–Crippen MR) is 98.0 cm³/mol. The van der Waals surface area contributed by atoms with Crippen LogP contribution in [0.1, 0.15) is 51.2 Å². The molecule has 1 saturated heterocycles. The zero-order valence-electron chi connectivity index (χ0n) is 15.6. The molecule has 1 aliphatic rings.